The van der Waals surface area contributed by atoms with Crippen LogP contribution in [0.3, 0.4) is 0 Å². The van der Waals surface area contributed by atoms with E-state index in [9.17, 15) is 5.11 Å². The van der Waals surface area contributed by atoms with Crippen LogP contribution in [0.5, 0.6) is 0 Å². The highest BCUT2D eigenvalue weighted by Crippen LogP contribution is 2.31. The van der Waals surface area contributed by atoms with Gasteiger partial charge in [-0.2, -0.15) is 0 Å². The first-order valence-electron chi connectivity index (χ1n) is 4.65. The van der Waals surface area contributed by atoms with Gasteiger partial charge in [-0.1, -0.05) is 17.7 Å². The fourth-order valence-electron chi connectivity index (χ4n) is 1.50. The lowest BCUT2D eigenvalue weighted by molar-refractivity contribution is 0.125. The Hall–Kier alpha value is -0.290. The summed E-state index contributed by atoms with van der Waals surface area (Å²) >= 11 is 9.35. The van der Waals surface area contributed by atoms with Gasteiger partial charge in [0.1, 0.15) is 0 Å². The average Bonchev–Trinajstić information content (AvgIpc) is 2.60. The number of hydrogen-bond acceptors (Lipinski definition) is 3. The molecule has 1 aromatic carbocycles. The molecule has 0 saturated carbocycles. The minimum absolute atomic E-state index is 0.0697. The predicted octanol–water partition coefficient (Wildman–Crippen LogP) is 2.27. The van der Waals surface area contributed by atoms with E-state index in [-0.39, 0.29) is 6.04 Å². The number of ether oxygens (including phenoxy) is 1. The van der Waals surface area contributed by atoms with E-state index < -0.39 is 6.10 Å². The van der Waals surface area contributed by atoms with E-state index in [0.717, 1.165) is 10.2 Å². The Balaban J connectivity index is 2.13. The van der Waals surface area contributed by atoms with E-state index in [0.29, 0.717) is 18.2 Å². The van der Waals surface area contributed by atoms with Gasteiger partial charge in [0.25, 0.3) is 0 Å². The molecule has 1 aromatic rings. The van der Waals surface area contributed by atoms with Gasteiger partial charge in [-0.15, -0.1) is 0 Å². The molecule has 1 saturated heterocycles. The van der Waals surface area contributed by atoms with Crippen LogP contribution in [0.1, 0.15) is 0 Å². The smallest absolute Gasteiger partial charge is 0.0996 e. The van der Waals surface area contributed by atoms with E-state index in [4.69, 9.17) is 16.3 Å². The number of halogens is 2. The molecule has 2 unspecified atom stereocenters. The number of benzene rings is 1. The fraction of sp³-hybridized carbons (Fsp3) is 0.400. The molecule has 0 spiro atoms. The van der Waals surface area contributed by atoms with Gasteiger partial charge in [0, 0.05) is 0 Å². The first-order valence-corrected chi connectivity index (χ1v) is 5.82. The summed E-state index contributed by atoms with van der Waals surface area (Å²) in [5, 5.41) is 13.4. The van der Waals surface area contributed by atoms with Crippen LogP contribution in [0.25, 0.3) is 0 Å². The number of hydrogen-bond donors (Lipinski definition) is 2. The summed E-state index contributed by atoms with van der Waals surface area (Å²) in [5.74, 6) is 0. The molecule has 0 bridgehead atoms. The van der Waals surface area contributed by atoms with E-state index in [1.807, 2.05) is 12.1 Å². The van der Waals surface area contributed by atoms with Crippen molar-refractivity contribution in [3.63, 3.8) is 0 Å². The highest BCUT2D eigenvalue weighted by Gasteiger charge is 2.26. The minimum Gasteiger partial charge on any atom is -0.388 e. The topological polar surface area (TPSA) is 41.5 Å². The largest absolute Gasteiger partial charge is 0.388 e. The van der Waals surface area contributed by atoms with Crippen LogP contribution in [0.2, 0.25) is 5.02 Å². The van der Waals surface area contributed by atoms with Gasteiger partial charge in [0.2, 0.25) is 0 Å². The molecule has 2 rings (SSSR count). The molecule has 1 aliphatic heterocycles. The zero-order chi connectivity index (χ0) is 10.8. The zero-order valence-corrected chi connectivity index (χ0v) is 10.3. The fourth-order valence-corrected chi connectivity index (χ4v) is 2.05. The average molecular weight is 293 g/mol. The van der Waals surface area contributed by atoms with Gasteiger partial charge >= 0.3 is 0 Å². The second-order valence-corrected chi connectivity index (χ2v) is 4.66. The Morgan fingerprint density at radius 2 is 2.27 bits per heavy atom. The Labute approximate surface area is 102 Å². The van der Waals surface area contributed by atoms with Crippen molar-refractivity contribution in [3.8, 4) is 0 Å². The van der Waals surface area contributed by atoms with Gasteiger partial charge in [-0.25, -0.2) is 0 Å². The maximum Gasteiger partial charge on any atom is 0.0996 e. The van der Waals surface area contributed by atoms with Gasteiger partial charge < -0.3 is 15.2 Å². The van der Waals surface area contributed by atoms with Crippen molar-refractivity contribution >= 4 is 33.2 Å². The summed E-state index contributed by atoms with van der Waals surface area (Å²) in [4.78, 5) is 0. The molecule has 15 heavy (non-hydrogen) atoms. The van der Waals surface area contributed by atoms with Crippen LogP contribution in [-0.4, -0.2) is 30.5 Å². The van der Waals surface area contributed by atoms with Crippen LogP contribution in [0.15, 0.2) is 22.7 Å². The molecule has 0 radical (unpaired) electrons. The van der Waals surface area contributed by atoms with E-state index >= 15 is 0 Å². The maximum atomic E-state index is 9.57. The van der Waals surface area contributed by atoms with E-state index in [1.54, 1.807) is 6.07 Å². The maximum absolute atomic E-state index is 9.57. The van der Waals surface area contributed by atoms with Crippen molar-refractivity contribution in [2.45, 2.75) is 12.1 Å². The second kappa shape index (κ2) is 4.70. The molecule has 0 amide bonds. The first-order chi connectivity index (χ1) is 7.18. The lowest BCUT2D eigenvalue weighted by atomic mass is 10.2. The van der Waals surface area contributed by atoms with Gasteiger partial charge in [0.15, 0.2) is 0 Å². The molecular weight excluding hydrogens is 281 g/mol. The summed E-state index contributed by atoms with van der Waals surface area (Å²) < 4.78 is 5.96. The molecule has 2 N–H and O–H groups in total. The number of aliphatic hydroxyl groups is 1. The SMILES string of the molecule is OC1COCC1Nc1cccc(Cl)c1Br. The molecule has 0 aromatic heterocycles. The van der Waals surface area contributed by atoms with Crippen LogP contribution < -0.4 is 5.32 Å². The summed E-state index contributed by atoms with van der Waals surface area (Å²) in [6, 6.07) is 5.50. The molecule has 1 heterocycles. The zero-order valence-electron chi connectivity index (χ0n) is 7.91. The molecular formula is C10H11BrClNO2. The molecule has 0 aliphatic carbocycles. The van der Waals surface area contributed by atoms with Crippen molar-refractivity contribution < 1.29 is 9.84 Å². The Kier molecular flexibility index (Phi) is 3.51. The molecule has 1 fully saturated rings. The van der Waals surface area contributed by atoms with Crippen molar-refractivity contribution in [1.82, 2.24) is 0 Å². The molecule has 3 nitrogen and oxygen atoms in total. The molecule has 1 aliphatic rings. The Morgan fingerprint density at radius 1 is 1.47 bits per heavy atom. The van der Waals surface area contributed by atoms with Crippen LogP contribution in [0.4, 0.5) is 5.69 Å². The summed E-state index contributed by atoms with van der Waals surface area (Å²) in [6.45, 7) is 0.899. The van der Waals surface area contributed by atoms with Crippen molar-refractivity contribution in [3.05, 3.63) is 27.7 Å². The quantitative estimate of drug-likeness (QED) is 0.879. The van der Waals surface area contributed by atoms with Crippen molar-refractivity contribution in [1.29, 1.82) is 0 Å². The summed E-state index contributed by atoms with van der Waals surface area (Å²) in [7, 11) is 0. The van der Waals surface area contributed by atoms with Gasteiger partial charge in [-0.3, -0.25) is 0 Å². The van der Waals surface area contributed by atoms with Gasteiger partial charge in [-0.05, 0) is 28.1 Å². The Bertz CT molecular complexity index is 361. The molecule has 5 heteroatoms. The molecule has 82 valence electrons. The normalized spacial score (nSPS) is 25.5. The highest BCUT2D eigenvalue weighted by atomic mass is 79.9. The van der Waals surface area contributed by atoms with Crippen molar-refractivity contribution in [2.75, 3.05) is 18.5 Å². The monoisotopic (exact) mass is 291 g/mol. The van der Waals surface area contributed by atoms with E-state index in [2.05, 4.69) is 21.2 Å². The summed E-state index contributed by atoms with van der Waals surface area (Å²) in [5.41, 5.74) is 0.872. The van der Waals surface area contributed by atoms with Crippen molar-refractivity contribution in [2.24, 2.45) is 0 Å². The predicted molar refractivity (Wildman–Crippen MR) is 63.4 cm³/mol. The number of anilines is 1. The standard InChI is InChI=1S/C10H11BrClNO2/c11-10-6(12)2-1-3-7(10)13-8-4-15-5-9(8)14/h1-3,8-9,13-14H,4-5H2. The molecule has 2 atom stereocenters. The third kappa shape index (κ3) is 2.45. The first kappa shape index (κ1) is 11.2. The van der Waals surface area contributed by atoms with Crippen LogP contribution in [-0.2, 0) is 4.74 Å². The minimum atomic E-state index is -0.462. The highest BCUT2D eigenvalue weighted by molar-refractivity contribution is 9.10. The Morgan fingerprint density at radius 3 is 2.93 bits per heavy atom. The second-order valence-electron chi connectivity index (χ2n) is 3.46. The lowest BCUT2D eigenvalue weighted by Gasteiger charge is -2.17. The third-order valence-corrected chi connectivity index (χ3v) is 3.74. The van der Waals surface area contributed by atoms with Crippen LogP contribution >= 0.6 is 27.5 Å². The number of rotatable bonds is 2. The number of aliphatic hydroxyl groups excluding tert-OH is 1. The lowest BCUT2D eigenvalue weighted by Crippen LogP contribution is -2.31. The third-order valence-electron chi connectivity index (χ3n) is 2.34. The number of nitrogens with one attached hydrogen (secondary N) is 1. The summed E-state index contributed by atoms with van der Waals surface area (Å²) in [6.07, 6.45) is -0.462. The van der Waals surface area contributed by atoms with E-state index in [1.165, 1.54) is 0 Å². The van der Waals surface area contributed by atoms with Crippen LogP contribution in [0, 0.1) is 0 Å². The van der Waals surface area contributed by atoms with Gasteiger partial charge in [0.05, 0.1) is 40.5 Å².